The summed E-state index contributed by atoms with van der Waals surface area (Å²) in [5.74, 6) is 0.0634. The molecule has 4 heteroatoms. The van der Waals surface area contributed by atoms with Crippen LogP contribution in [0.25, 0.3) is 0 Å². The van der Waals surface area contributed by atoms with Crippen LogP contribution in [0.5, 0.6) is 0 Å². The second kappa shape index (κ2) is 7.00. The molecule has 1 heterocycles. The van der Waals surface area contributed by atoms with Crippen molar-refractivity contribution in [2.45, 2.75) is 46.0 Å². The molecule has 0 saturated carbocycles. The van der Waals surface area contributed by atoms with Crippen LogP contribution in [0.1, 0.15) is 50.2 Å². The number of hydrogen-bond donors (Lipinski definition) is 0. The van der Waals surface area contributed by atoms with Crippen molar-refractivity contribution in [1.29, 1.82) is 0 Å². The molecule has 0 aromatic heterocycles. The van der Waals surface area contributed by atoms with E-state index >= 15 is 0 Å². The second-order valence-corrected chi connectivity index (χ2v) is 9.60. The zero-order chi connectivity index (χ0) is 20.1. The molecule has 0 spiro atoms. The summed E-state index contributed by atoms with van der Waals surface area (Å²) in [4.78, 5) is 28.4. The molecular formula is C24H24BrNO2. The van der Waals surface area contributed by atoms with Gasteiger partial charge in [-0.2, -0.15) is 0 Å². The van der Waals surface area contributed by atoms with E-state index in [0.29, 0.717) is 19.3 Å². The van der Waals surface area contributed by atoms with E-state index in [0.717, 1.165) is 32.6 Å². The smallest absolute Gasteiger partial charge is 0.232 e. The molecule has 1 atom stereocenters. The number of nitrogens with zero attached hydrogens (tertiary/aromatic N) is 1. The van der Waals surface area contributed by atoms with E-state index in [1.165, 1.54) is 0 Å². The number of carbonyl (C=O) groups is 2. The number of carbonyl (C=O) groups excluding carboxylic acids is 2. The summed E-state index contributed by atoms with van der Waals surface area (Å²) < 4.78 is 0.919. The molecule has 4 rings (SSSR count). The van der Waals surface area contributed by atoms with Crippen LogP contribution in [-0.4, -0.2) is 11.7 Å². The fraction of sp³-hybridized carbons (Fsp3) is 0.333. The lowest BCUT2D eigenvalue weighted by atomic mass is 9.69. The normalized spacial score (nSPS) is 21.7. The van der Waals surface area contributed by atoms with Crippen LogP contribution in [-0.2, 0) is 9.59 Å². The summed E-state index contributed by atoms with van der Waals surface area (Å²) in [6.45, 7) is 6.26. The van der Waals surface area contributed by atoms with Crippen molar-refractivity contribution in [3.8, 4) is 0 Å². The highest BCUT2D eigenvalue weighted by molar-refractivity contribution is 9.10. The topological polar surface area (TPSA) is 37.4 Å². The van der Waals surface area contributed by atoms with E-state index in [2.05, 4.69) is 35.8 Å². The van der Waals surface area contributed by atoms with Crippen LogP contribution >= 0.6 is 15.9 Å². The Hall–Kier alpha value is -2.20. The van der Waals surface area contributed by atoms with Crippen molar-refractivity contribution < 1.29 is 9.59 Å². The standard InChI is InChI=1S/C24H24BrNO2/c1-15-6-4-7-16(10-15)19-12-22(28)26(18-9-5-8-17(25)11-18)20-13-24(2,3)14-21(27)23(19)20/h4-11,19H,12-14H2,1-3H3. The molecule has 0 N–H and O–H groups in total. The lowest BCUT2D eigenvalue weighted by Gasteiger charge is -2.43. The molecule has 0 radical (unpaired) electrons. The number of ketones is 1. The van der Waals surface area contributed by atoms with Gasteiger partial charge < -0.3 is 0 Å². The second-order valence-electron chi connectivity index (χ2n) is 8.68. The monoisotopic (exact) mass is 437 g/mol. The van der Waals surface area contributed by atoms with Gasteiger partial charge in [-0.05, 0) is 42.5 Å². The fourth-order valence-corrected chi connectivity index (χ4v) is 4.89. The highest BCUT2D eigenvalue weighted by Gasteiger charge is 2.44. The Morgan fingerprint density at radius 2 is 1.79 bits per heavy atom. The van der Waals surface area contributed by atoms with Gasteiger partial charge in [-0.25, -0.2) is 0 Å². The van der Waals surface area contributed by atoms with Crippen LogP contribution in [0.2, 0.25) is 0 Å². The van der Waals surface area contributed by atoms with E-state index in [-0.39, 0.29) is 23.0 Å². The Kier molecular flexibility index (Phi) is 4.78. The summed E-state index contributed by atoms with van der Waals surface area (Å²) in [5.41, 5.74) is 4.56. The summed E-state index contributed by atoms with van der Waals surface area (Å²) >= 11 is 3.51. The first-order chi connectivity index (χ1) is 13.2. The van der Waals surface area contributed by atoms with Gasteiger partial charge in [0.2, 0.25) is 5.91 Å². The van der Waals surface area contributed by atoms with Gasteiger partial charge >= 0.3 is 0 Å². The zero-order valence-electron chi connectivity index (χ0n) is 16.5. The minimum Gasteiger partial charge on any atom is -0.294 e. The van der Waals surface area contributed by atoms with Gasteiger partial charge in [-0.3, -0.25) is 14.5 Å². The van der Waals surface area contributed by atoms with E-state index in [1.807, 2.05) is 49.4 Å². The molecule has 2 aromatic rings. The molecule has 28 heavy (non-hydrogen) atoms. The third-order valence-corrected chi connectivity index (χ3v) is 6.15. The van der Waals surface area contributed by atoms with E-state index in [9.17, 15) is 9.59 Å². The Bertz CT molecular complexity index is 1010. The molecule has 3 nitrogen and oxygen atoms in total. The highest BCUT2D eigenvalue weighted by Crippen LogP contribution is 2.48. The maximum atomic E-state index is 13.3. The van der Waals surface area contributed by atoms with Gasteiger partial charge in [0, 0.05) is 40.2 Å². The number of rotatable bonds is 2. The van der Waals surface area contributed by atoms with Gasteiger partial charge in [0.05, 0.1) is 0 Å². The predicted molar refractivity (Wildman–Crippen MR) is 115 cm³/mol. The summed E-state index contributed by atoms with van der Waals surface area (Å²) in [6.07, 6.45) is 1.56. The van der Waals surface area contributed by atoms with Crippen molar-refractivity contribution in [1.82, 2.24) is 0 Å². The quantitative estimate of drug-likeness (QED) is 0.584. The maximum Gasteiger partial charge on any atom is 0.232 e. The average Bonchev–Trinajstić information content (AvgIpc) is 2.59. The first-order valence-corrected chi connectivity index (χ1v) is 10.5. The third kappa shape index (κ3) is 3.46. The molecule has 1 aliphatic heterocycles. The minimum atomic E-state index is -0.158. The number of Topliss-reactive ketones (excluding diaryl/α,β-unsaturated/α-hetero) is 1. The summed E-state index contributed by atoms with van der Waals surface area (Å²) in [7, 11) is 0. The number of allylic oxidation sites excluding steroid dienone is 2. The van der Waals surface area contributed by atoms with Crippen molar-refractivity contribution in [3.63, 3.8) is 0 Å². The Labute approximate surface area is 174 Å². The van der Waals surface area contributed by atoms with Crippen LogP contribution in [0.4, 0.5) is 5.69 Å². The fourth-order valence-electron chi connectivity index (χ4n) is 4.50. The molecule has 0 saturated heterocycles. The Morgan fingerprint density at radius 1 is 1.04 bits per heavy atom. The van der Waals surface area contributed by atoms with Crippen molar-refractivity contribution >= 4 is 33.3 Å². The van der Waals surface area contributed by atoms with Crippen LogP contribution < -0.4 is 4.90 Å². The Balaban J connectivity index is 1.91. The van der Waals surface area contributed by atoms with Gasteiger partial charge in [0.15, 0.2) is 5.78 Å². The summed E-state index contributed by atoms with van der Waals surface area (Å²) in [6, 6.07) is 15.9. The maximum absolute atomic E-state index is 13.3. The molecule has 1 aliphatic carbocycles. The van der Waals surface area contributed by atoms with Gasteiger partial charge in [0.1, 0.15) is 0 Å². The molecule has 0 bridgehead atoms. The van der Waals surface area contributed by atoms with Gasteiger partial charge in [-0.1, -0.05) is 65.7 Å². The largest absolute Gasteiger partial charge is 0.294 e. The third-order valence-electron chi connectivity index (χ3n) is 5.65. The minimum absolute atomic E-state index is 0.0499. The molecule has 0 fully saturated rings. The number of anilines is 1. The van der Waals surface area contributed by atoms with E-state index in [4.69, 9.17) is 0 Å². The van der Waals surface area contributed by atoms with Crippen molar-refractivity contribution in [2.24, 2.45) is 5.41 Å². The molecule has 2 aliphatic rings. The number of benzene rings is 2. The molecule has 2 aromatic carbocycles. The SMILES string of the molecule is Cc1cccc(C2CC(=O)N(c3cccc(Br)c3)C3=C2C(=O)CC(C)(C)C3)c1. The number of aryl methyl sites for hydroxylation is 1. The molecule has 1 amide bonds. The zero-order valence-corrected chi connectivity index (χ0v) is 18.0. The molecular weight excluding hydrogens is 414 g/mol. The van der Waals surface area contributed by atoms with Crippen LogP contribution in [0.15, 0.2) is 64.3 Å². The number of halogens is 1. The lowest BCUT2D eigenvalue weighted by Crippen LogP contribution is -2.43. The van der Waals surface area contributed by atoms with E-state index in [1.54, 1.807) is 4.90 Å². The van der Waals surface area contributed by atoms with Crippen LogP contribution in [0.3, 0.4) is 0 Å². The molecule has 1 unspecified atom stereocenters. The number of amides is 1. The van der Waals surface area contributed by atoms with Crippen molar-refractivity contribution in [3.05, 3.63) is 75.4 Å². The predicted octanol–water partition coefficient (Wildman–Crippen LogP) is 5.92. The van der Waals surface area contributed by atoms with E-state index < -0.39 is 0 Å². The lowest BCUT2D eigenvalue weighted by molar-refractivity contribution is -0.121. The number of hydrogen-bond acceptors (Lipinski definition) is 2. The highest BCUT2D eigenvalue weighted by atomic mass is 79.9. The first kappa shape index (κ1) is 19.1. The van der Waals surface area contributed by atoms with Crippen molar-refractivity contribution in [2.75, 3.05) is 4.90 Å². The van der Waals surface area contributed by atoms with Crippen LogP contribution in [0, 0.1) is 12.3 Å². The Morgan fingerprint density at radius 3 is 2.50 bits per heavy atom. The van der Waals surface area contributed by atoms with Gasteiger partial charge in [0.25, 0.3) is 0 Å². The molecule has 144 valence electrons. The average molecular weight is 438 g/mol. The van der Waals surface area contributed by atoms with Gasteiger partial charge in [-0.15, -0.1) is 0 Å². The first-order valence-electron chi connectivity index (χ1n) is 9.66. The summed E-state index contributed by atoms with van der Waals surface area (Å²) in [5, 5.41) is 0.